The van der Waals surface area contributed by atoms with Crippen LogP contribution in [0, 0.1) is 0 Å². The molecule has 0 atom stereocenters. The third-order valence-electron chi connectivity index (χ3n) is 3.16. The number of nitrogens with two attached hydrogens (primary N) is 1. The van der Waals surface area contributed by atoms with E-state index in [2.05, 4.69) is 12.6 Å². The van der Waals surface area contributed by atoms with Crippen LogP contribution in [-0.2, 0) is 9.53 Å². The lowest BCUT2D eigenvalue weighted by Gasteiger charge is -2.10. The van der Waals surface area contributed by atoms with Crippen molar-refractivity contribution < 1.29 is 9.53 Å². The van der Waals surface area contributed by atoms with Crippen LogP contribution in [0.4, 0.5) is 5.69 Å². The van der Waals surface area contributed by atoms with Crippen LogP contribution in [-0.4, -0.2) is 13.1 Å². The highest BCUT2D eigenvalue weighted by molar-refractivity contribution is 7.80. The Balaban J connectivity index is 2.52. The number of carbonyl (C=O) groups excluding carboxylic acids is 1. The van der Waals surface area contributed by atoms with Crippen molar-refractivity contribution in [1.82, 2.24) is 0 Å². The maximum atomic E-state index is 11.5. The molecule has 2 aromatic carbocycles. The third kappa shape index (κ3) is 3.47. The Hall–Kier alpha value is -2.20. The van der Waals surface area contributed by atoms with Crippen molar-refractivity contribution in [3.63, 3.8) is 0 Å². The maximum Gasteiger partial charge on any atom is 0.333 e. The van der Waals surface area contributed by atoms with E-state index in [1.165, 1.54) is 7.11 Å². The molecule has 0 saturated carbocycles. The molecule has 0 amide bonds. The van der Waals surface area contributed by atoms with Crippen LogP contribution in [0.2, 0.25) is 0 Å². The number of carbonyl (C=O) groups is 1. The lowest BCUT2D eigenvalue weighted by atomic mass is 10.0. The van der Waals surface area contributed by atoms with Crippen LogP contribution in [0.15, 0.2) is 52.9 Å². The van der Waals surface area contributed by atoms with Crippen molar-refractivity contribution in [2.24, 2.45) is 0 Å². The number of ether oxygens (including phenoxy) is 1. The highest BCUT2D eigenvalue weighted by Crippen LogP contribution is 2.31. The molecular formula is C17H17NO2S. The topological polar surface area (TPSA) is 52.3 Å². The summed E-state index contributed by atoms with van der Waals surface area (Å²) in [6.45, 7) is 1.70. The molecule has 108 valence electrons. The minimum absolute atomic E-state index is 0.369. The fraction of sp³-hybridized carbons (Fsp3) is 0.118. The van der Waals surface area contributed by atoms with E-state index in [1.54, 1.807) is 13.0 Å². The molecule has 0 fully saturated rings. The number of rotatable bonds is 3. The fourth-order valence-electron chi connectivity index (χ4n) is 2.04. The lowest BCUT2D eigenvalue weighted by Crippen LogP contribution is -2.01. The van der Waals surface area contributed by atoms with E-state index in [9.17, 15) is 4.79 Å². The molecular weight excluding hydrogens is 282 g/mol. The first kappa shape index (κ1) is 15.2. The number of anilines is 1. The van der Waals surface area contributed by atoms with Gasteiger partial charge in [0.1, 0.15) is 0 Å². The van der Waals surface area contributed by atoms with Crippen molar-refractivity contribution in [3.05, 3.63) is 53.6 Å². The Kier molecular flexibility index (Phi) is 4.70. The van der Waals surface area contributed by atoms with Gasteiger partial charge in [-0.25, -0.2) is 4.79 Å². The zero-order chi connectivity index (χ0) is 15.4. The molecule has 21 heavy (non-hydrogen) atoms. The number of thiol groups is 1. The van der Waals surface area contributed by atoms with Gasteiger partial charge in [0.25, 0.3) is 0 Å². The average molecular weight is 299 g/mol. The number of benzene rings is 2. The van der Waals surface area contributed by atoms with Gasteiger partial charge in [0.15, 0.2) is 0 Å². The summed E-state index contributed by atoms with van der Waals surface area (Å²) in [6.07, 6.45) is 1.73. The van der Waals surface area contributed by atoms with E-state index < -0.39 is 0 Å². The molecule has 0 spiro atoms. The molecule has 0 radical (unpaired) electrons. The Morgan fingerprint density at radius 3 is 2.48 bits per heavy atom. The molecule has 2 rings (SSSR count). The van der Waals surface area contributed by atoms with E-state index in [1.807, 2.05) is 42.5 Å². The standard InChI is InChI=1S/C17H17NO2S/c1-11(17(19)20-2)8-14-9-13(10-15(18)16(14)21)12-6-4-3-5-7-12/h3-10,21H,18H2,1-2H3. The lowest BCUT2D eigenvalue weighted by molar-refractivity contribution is -0.135. The number of hydrogen-bond donors (Lipinski definition) is 2. The molecule has 3 nitrogen and oxygen atoms in total. The van der Waals surface area contributed by atoms with Crippen molar-refractivity contribution in [2.45, 2.75) is 11.8 Å². The molecule has 0 unspecified atom stereocenters. The smallest absolute Gasteiger partial charge is 0.333 e. The summed E-state index contributed by atoms with van der Waals surface area (Å²) in [6, 6.07) is 13.7. The summed E-state index contributed by atoms with van der Waals surface area (Å²) in [7, 11) is 1.36. The first-order chi connectivity index (χ1) is 10.0. The minimum Gasteiger partial charge on any atom is -0.466 e. The van der Waals surface area contributed by atoms with Crippen LogP contribution in [0.25, 0.3) is 17.2 Å². The molecule has 0 aliphatic carbocycles. The normalized spacial score (nSPS) is 11.3. The molecule has 0 aliphatic rings. The zero-order valence-corrected chi connectivity index (χ0v) is 12.9. The van der Waals surface area contributed by atoms with Crippen LogP contribution in [0.5, 0.6) is 0 Å². The molecule has 0 bridgehead atoms. The molecule has 2 N–H and O–H groups in total. The van der Waals surface area contributed by atoms with Gasteiger partial charge in [-0.2, -0.15) is 0 Å². The van der Waals surface area contributed by atoms with Gasteiger partial charge in [-0.1, -0.05) is 30.3 Å². The summed E-state index contributed by atoms with van der Waals surface area (Å²) in [5, 5.41) is 0. The SMILES string of the molecule is COC(=O)C(C)=Cc1cc(-c2ccccc2)cc(N)c1S. The number of esters is 1. The molecule has 0 saturated heterocycles. The molecule has 2 aromatic rings. The average Bonchev–Trinajstić information content (AvgIpc) is 2.51. The summed E-state index contributed by atoms with van der Waals surface area (Å²) in [5.74, 6) is -0.369. The van der Waals surface area contributed by atoms with Crippen LogP contribution < -0.4 is 5.73 Å². The van der Waals surface area contributed by atoms with Crippen LogP contribution >= 0.6 is 12.6 Å². The molecule has 0 heterocycles. The van der Waals surface area contributed by atoms with E-state index in [0.717, 1.165) is 16.7 Å². The Morgan fingerprint density at radius 2 is 1.86 bits per heavy atom. The third-order valence-corrected chi connectivity index (χ3v) is 3.67. The van der Waals surface area contributed by atoms with Gasteiger partial charge in [0, 0.05) is 16.2 Å². The van der Waals surface area contributed by atoms with Crippen molar-refractivity contribution in [3.8, 4) is 11.1 Å². The second-order valence-corrected chi connectivity index (χ2v) is 5.14. The quantitative estimate of drug-likeness (QED) is 0.392. The second-order valence-electron chi connectivity index (χ2n) is 4.69. The van der Waals surface area contributed by atoms with Gasteiger partial charge in [-0.15, -0.1) is 12.6 Å². The second kappa shape index (κ2) is 6.50. The highest BCUT2D eigenvalue weighted by atomic mass is 32.1. The zero-order valence-electron chi connectivity index (χ0n) is 12.0. The van der Waals surface area contributed by atoms with Gasteiger partial charge >= 0.3 is 5.97 Å². The number of hydrogen-bond acceptors (Lipinski definition) is 4. The Morgan fingerprint density at radius 1 is 1.19 bits per heavy atom. The van der Waals surface area contributed by atoms with Gasteiger partial charge < -0.3 is 10.5 Å². The van der Waals surface area contributed by atoms with Crippen LogP contribution in [0.3, 0.4) is 0 Å². The summed E-state index contributed by atoms with van der Waals surface area (Å²) >= 11 is 4.42. The first-order valence-electron chi connectivity index (χ1n) is 6.47. The van der Waals surface area contributed by atoms with Crippen molar-refractivity contribution >= 4 is 30.4 Å². The highest BCUT2D eigenvalue weighted by Gasteiger charge is 2.09. The van der Waals surface area contributed by atoms with Gasteiger partial charge in [-0.05, 0) is 41.8 Å². The predicted molar refractivity (Wildman–Crippen MR) is 89.2 cm³/mol. The first-order valence-corrected chi connectivity index (χ1v) is 6.92. The van der Waals surface area contributed by atoms with E-state index in [4.69, 9.17) is 10.5 Å². The van der Waals surface area contributed by atoms with Crippen LogP contribution in [0.1, 0.15) is 12.5 Å². The van der Waals surface area contributed by atoms with Crippen molar-refractivity contribution in [1.29, 1.82) is 0 Å². The Bertz CT molecular complexity index is 693. The van der Waals surface area contributed by atoms with Gasteiger partial charge in [0.2, 0.25) is 0 Å². The number of methoxy groups -OCH3 is 1. The summed E-state index contributed by atoms with van der Waals surface area (Å²) in [4.78, 5) is 12.2. The number of nitrogen functional groups attached to an aromatic ring is 1. The fourth-order valence-corrected chi connectivity index (χ4v) is 2.23. The monoisotopic (exact) mass is 299 g/mol. The van der Waals surface area contributed by atoms with Gasteiger partial charge in [-0.3, -0.25) is 0 Å². The summed E-state index contributed by atoms with van der Waals surface area (Å²) < 4.78 is 4.71. The maximum absolute atomic E-state index is 11.5. The van der Waals surface area contributed by atoms with E-state index in [0.29, 0.717) is 16.2 Å². The molecule has 0 aromatic heterocycles. The predicted octanol–water partition coefficient (Wildman–Crippen LogP) is 3.80. The largest absolute Gasteiger partial charge is 0.466 e. The van der Waals surface area contributed by atoms with E-state index >= 15 is 0 Å². The van der Waals surface area contributed by atoms with Crippen molar-refractivity contribution in [2.75, 3.05) is 12.8 Å². The summed E-state index contributed by atoms with van der Waals surface area (Å²) in [5.41, 5.74) is 9.92. The van der Waals surface area contributed by atoms with Gasteiger partial charge in [0.05, 0.1) is 7.11 Å². The molecule has 0 aliphatic heterocycles. The molecule has 4 heteroatoms. The Labute approximate surface area is 129 Å². The van der Waals surface area contributed by atoms with E-state index in [-0.39, 0.29) is 5.97 Å². The minimum atomic E-state index is -0.369.